The van der Waals surface area contributed by atoms with Gasteiger partial charge in [0.1, 0.15) is 6.17 Å². The van der Waals surface area contributed by atoms with E-state index in [1.807, 2.05) is 65.6 Å². The van der Waals surface area contributed by atoms with Crippen LogP contribution in [0.5, 0.6) is 0 Å². The molecule has 0 aromatic heterocycles. The van der Waals surface area contributed by atoms with E-state index >= 15 is 0 Å². The molecule has 4 nitrogen and oxygen atoms in total. The molecule has 0 amide bonds. The van der Waals surface area contributed by atoms with Crippen molar-refractivity contribution in [2.75, 3.05) is 19.4 Å². The molecule has 130 valence electrons. The summed E-state index contributed by atoms with van der Waals surface area (Å²) in [5.41, 5.74) is 2.15. The lowest BCUT2D eigenvalue weighted by molar-refractivity contribution is 0.132. The summed E-state index contributed by atoms with van der Waals surface area (Å²) in [6.07, 6.45) is -0.460. The molecule has 2 aromatic carbocycles. The number of halogens is 1. The Kier molecular flexibility index (Phi) is 6.90. The Morgan fingerprint density at radius 1 is 0.958 bits per heavy atom. The highest BCUT2D eigenvalue weighted by Crippen LogP contribution is 2.12. The highest BCUT2D eigenvalue weighted by atomic mass is 32.2. The Labute approximate surface area is 143 Å². The van der Waals surface area contributed by atoms with E-state index in [4.69, 9.17) is 0 Å². The van der Waals surface area contributed by atoms with Gasteiger partial charge in [-0.15, -0.1) is 0 Å². The normalized spacial score (nSPS) is 13.1. The number of alkyl halides is 1. The minimum Gasteiger partial charge on any atom is -0.292 e. The fourth-order valence-corrected chi connectivity index (χ4v) is 2.79. The molecule has 1 atom stereocenters. The van der Waals surface area contributed by atoms with Crippen molar-refractivity contribution in [2.45, 2.75) is 19.3 Å². The molecule has 2 rings (SSSR count). The average Bonchev–Trinajstić information content (AvgIpc) is 2.54. The molecule has 0 saturated carbocycles. The fourth-order valence-electron chi connectivity index (χ4n) is 2.40. The molecular formula is C18H22FNO3S. The summed E-state index contributed by atoms with van der Waals surface area (Å²) in [4.78, 5) is 1.95. The van der Waals surface area contributed by atoms with Gasteiger partial charge in [-0.1, -0.05) is 60.7 Å². The summed E-state index contributed by atoms with van der Waals surface area (Å²) in [7, 11) is -3.63. The van der Waals surface area contributed by atoms with E-state index in [-0.39, 0.29) is 6.54 Å². The van der Waals surface area contributed by atoms with Crippen LogP contribution in [-0.4, -0.2) is 38.9 Å². The Bertz CT molecular complexity index is 666. The molecule has 0 aliphatic carbocycles. The van der Waals surface area contributed by atoms with Crippen molar-refractivity contribution in [3.05, 3.63) is 71.8 Å². The monoisotopic (exact) mass is 351 g/mol. The molecule has 0 heterocycles. The average molecular weight is 351 g/mol. The summed E-state index contributed by atoms with van der Waals surface area (Å²) < 4.78 is 40.7. The van der Waals surface area contributed by atoms with Crippen LogP contribution in [0.2, 0.25) is 0 Å². The molecule has 0 saturated heterocycles. The standard InChI is InChI=1S/C18H22FNO3S/c1-24(21,22)23-15-18(19)14-20(12-16-8-4-2-5-9-16)13-17-10-6-3-7-11-17/h2-11,18H,12-15H2,1H3. The van der Waals surface area contributed by atoms with Gasteiger partial charge in [0.25, 0.3) is 10.1 Å². The second-order valence-electron chi connectivity index (χ2n) is 5.73. The van der Waals surface area contributed by atoms with Gasteiger partial charge in [-0.2, -0.15) is 8.42 Å². The van der Waals surface area contributed by atoms with Crippen molar-refractivity contribution in [3.63, 3.8) is 0 Å². The highest BCUT2D eigenvalue weighted by Gasteiger charge is 2.17. The summed E-state index contributed by atoms with van der Waals surface area (Å²) >= 11 is 0. The van der Waals surface area contributed by atoms with Crippen molar-refractivity contribution in [2.24, 2.45) is 0 Å². The van der Waals surface area contributed by atoms with E-state index in [9.17, 15) is 12.8 Å². The molecule has 0 aliphatic rings. The lowest BCUT2D eigenvalue weighted by Crippen LogP contribution is -2.32. The molecule has 0 spiro atoms. The second-order valence-corrected chi connectivity index (χ2v) is 7.37. The number of nitrogens with zero attached hydrogens (tertiary/aromatic N) is 1. The minimum atomic E-state index is -3.63. The van der Waals surface area contributed by atoms with Crippen LogP contribution < -0.4 is 0 Å². The zero-order valence-electron chi connectivity index (χ0n) is 13.6. The number of hydrogen-bond acceptors (Lipinski definition) is 4. The Hall–Kier alpha value is -1.76. The summed E-state index contributed by atoms with van der Waals surface area (Å²) in [6, 6.07) is 19.6. The van der Waals surface area contributed by atoms with E-state index in [2.05, 4.69) is 4.18 Å². The first-order chi connectivity index (χ1) is 11.4. The van der Waals surface area contributed by atoms with Crippen LogP contribution in [0, 0.1) is 0 Å². The van der Waals surface area contributed by atoms with Crippen molar-refractivity contribution in [3.8, 4) is 0 Å². The maximum absolute atomic E-state index is 14.2. The zero-order valence-corrected chi connectivity index (χ0v) is 14.5. The third-order valence-electron chi connectivity index (χ3n) is 3.42. The van der Waals surface area contributed by atoms with Crippen molar-refractivity contribution in [1.29, 1.82) is 0 Å². The lowest BCUT2D eigenvalue weighted by atomic mass is 10.1. The van der Waals surface area contributed by atoms with E-state index < -0.39 is 22.9 Å². The van der Waals surface area contributed by atoms with Gasteiger partial charge >= 0.3 is 0 Å². The van der Waals surface area contributed by atoms with E-state index in [1.54, 1.807) is 0 Å². The topological polar surface area (TPSA) is 46.6 Å². The van der Waals surface area contributed by atoms with Crippen molar-refractivity contribution in [1.82, 2.24) is 4.90 Å². The summed E-state index contributed by atoms with van der Waals surface area (Å²) in [5, 5.41) is 0. The van der Waals surface area contributed by atoms with E-state index in [1.165, 1.54) is 0 Å². The smallest absolute Gasteiger partial charge is 0.264 e. The second kappa shape index (κ2) is 8.92. The fraction of sp³-hybridized carbons (Fsp3) is 0.333. The molecular weight excluding hydrogens is 329 g/mol. The van der Waals surface area contributed by atoms with Gasteiger partial charge in [0, 0.05) is 19.6 Å². The Morgan fingerprint density at radius 3 is 1.83 bits per heavy atom. The van der Waals surface area contributed by atoms with Crippen molar-refractivity contribution >= 4 is 10.1 Å². The molecule has 0 N–H and O–H groups in total. The first-order valence-corrected chi connectivity index (χ1v) is 9.53. The molecule has 2 aromatic rings. The maximum atomic E-state index is 14.2. The van der Waals surface area contributed by atoms with Gasteiger partial charge in [0.05, 0.1) is 12.9 Å². The third kappa shape index (κ3) is 7.21. The van der Waals surface area contributed by atoms with Crippen LogP contribution in [-0.2, 0) is 27.4 Å². The Morgan fingerprint density at radius 2 is 1.42 bits per heavy atom. The van der Waals surface area contributed by atoms with Gasteiger partial charge in [-0.25, -0.2) is 4.39 Å². The molecule has 0 fully saturated rings. The first-order valence-electron chi connectivity index (χ1n) is 7.71. The van der Waals surface area contributed by atoms with Crippen LogP contribution in [0.4, 0.5) is 4.39 Å². The van der Waals surface area contributed by atoms with Crippen molar-refractivity contribution < 1.29 is 17.0 Å². The van der Waals surface area contributed by atoms with E-state index in [0.29, 0.717) is 13.1 Å². The lowest BCUT2D eigenvalue weighted by Gasteiger charge is -2.24. The van der Waals surface area contributed by atoms with Crippen LogP contribution in [0.15, 0.2) is 60.7 Å². The summed E-state index contributed by atoms with van der Waals surface area (Å²) in [5.74, 6) is 0. The quantitative estimate of drug-likeness (QED) is 0.652. The molecule has 0 radical (unpaired) electrons. The van der Waals surface area contributed by atoms with E-state index in [0.717, 1.165) is 17.4 Å². The molecule has 24 heavy (non-hydrogen) atoms. The maximum Gasteiger partial charge on any atom is 0.264 e. The van der Waals surface area contributed by atoms with Crippen LogP contribution in [0.1, 0.15) is 11.1 Å². The minimum absolute atomic E-state index is 0.0965. The van der Waals surface area contributed by atoms with Crippen LogP contribution >= 0.6 is 0 Å². The SMILES string of the molecule is CS(=O)(=O)OCC(F)CN(Cc1ccccc1)Cc1ccccc1. The van der Waals surface area contributed by atoms with Gasteiger partial charge in [-0.3, -0.25) is 9.08 Å². The predicted octanol–water partition coefficient (Wildman–Crippen LogP) is 3.00. The first kappa shape index (κ1) is 18.6. The Balaban J connectivity index is 2.01. The predicted molar refractivity (Wildman–Crippen MR) is 92.7 cm³/mol. The van der Waals surface area contributed by atoms with Gasteiger partial charge in [0.2, 0.25) is 0 Å². The van der Waals surface area contributed by atoms with Gasteiger partial charge < -0.3 is 0 Å². The zero-order chi connectivity index (χ0) is 17.4. The number of benzene rings is 2. The van der Waals surface area contributed by atoms with Crippen LogP contribution in [0.3, 0.4) is 0 Å². The molecule has 0 aliphatic heterocycles. The van der Waals surface area contributed by atoms with Gasteiger partial charge in [-0.05, 0) is 11.1 Å². The number of hydrogen-bond donors (Lipinski definition) is 0. The largest absolute Gasteiger partial charge is 0.292 e. The third-order valence-corrected chi connectivity index (χ3v) is 3.98. The molecule has 0 bridgehead atoms. The molecule has 6 heteroatoms. The van der Waals surface area contributed by atoms with Crippen LogP contribution in [0.25, 0.3) is 0 Å². The molecule has 1 unspecified atom stereocenters. The number of rotatable bonds is 9. The van der Waals surface area contributed by atoms with Gasteiger partial charge in [0.15, 0.2) is 0 Å². The highest BCUT2D eigenvalue weighted by molar-refractivity contribution is 7.85. The summed E-state index contributed by atoms with van der Waals surface area (Å²) in [6.45, 7) is 0.794.